The Bertz CT molecular complexity index is 385. The van der Waals surface area contributed by atoms with Crippen LogP contribution in [0.3, 0.4) is 0 Å². The summed E-state index contributed by atoms with van der Waals surface area (Å²) >= 11 is 0. The number of hydrogen-bond donors (Lipinski definition) is 1. The van der Waals surface area contributed by atoms with Crippen LogP contribution in [0.15, 0.2) is 18.2 Å². The normalized spacial score (nSPS) is 21.6. The molecule has 1 aromatic carbocycles. The summed E-state index contributed by atoms with van der Waals surface area (Å²) in [4.78, 5) is 0. The van der Waals surface area contributed by atoms with Crippen molar-refractivity contribution >= 4 is 12.4 Å². The van der Waals surface area contributed by atoms with Gasteiger partial charge in [-0.25, -0.2) is 4.39 Å². The van der Waals surface area contributed by atoms with Crippen LogP contribution in [0.4, 0.5) is 4.39 Å². The standard InChI is InChI=1S/C12H14FNO.ClH/c13-10-3-1-2-9-8-15-12(11(9)10)4-6-14-7-5-12;/h1-3,14H,4-8H2;1H. The Balaban J connectivity index is 0.000000963. The summed E-state index contributed by atoms with van der Waals surface area (Å²) in [6.07, 6.45) is 1.75. The van der Waals surface area contributed by atoms with Crippen molar-refractivity contribution in [3.8, 4) is 0 Å². The summed E-state index contributed by atoms with van der Waals surface area (Å²) in [6, 6.07) is 5.27. The largest absolute Gasteiger partial charge is 0.365 e. The smallest absolute Gasteiger partial charge is 0.129 e. The Labute approximate surface area is 101 Å². The molecule has 1 spiro atoms. The molecule has 1 N–H and O–H groups in total. The molecular formula is C12H15ClFNO. The average molecular weight is 244 g/mol. The van der Waals surface area contributed by atoms with E-state index in [1.165, 1.54) is 6.07 Å². The molecule has 2 aliphatic rings. The van der Waals surface area contributed by atoms with Crippen molar-refractivity contribution in [2.45, 2.75) is 25.0 Å². The maximum absolute atomic E-state index is 13.8. The van der Waals surface area contributed by atoms with Crippen LogP contribution in [0, 0.1) is 5.82 Å². The van der Waals surface area contributed by atoms with Crippen molar-refractivity contribution in [2.24, 2.45) is 0 Å². The van der Waals surface area contributed by atoms with Gasteiger partial charge in [-0.2, -0.15) is 0 Å². The molecule has 1 aromatic rings. The number of piperidine rings is 1. The van der Waals surface area contributed by atoms with E-state index in [1.807, 2.05) is 6.07 Å². The van der Waals surface area contributed by atoms with Gasteiger partial charge in [0, 0.05) is 5.56 Å². The monoisotopic (exact) mass is 243 g/mol. The molecule has 3 rings (SSSR count). The number of hydrogen-bond acceptors (Lipinski definition) is 2. The van der Waals surface area contributed by atoms with E-state index in [1.54, 1.807) is 6.07 Å². The van der Waals surface area contributed by atoms with Crippen molar-refractivity contribution in [2.75, 3.05) is 13.1 Å². The number of fused-ring (bicyclic) bond motifs is 2. The highest BCUT2D eigenvalue weighted by Gasteiger charge is 2.42. The summed E-state index contributed by atoms with van der Waals surface area (Å²) in [5, 5.41) is 3.28. The Hall–Kier alpha value is -0.640. The first-order chi connectivity index (χ1) is 7.32. The number of halogens is 2. The first-order valence-corrected chi connectivity index (χ1v) is 5.44. The van der Waals surface area contributed by atoms with Gasteiger partial charge < -0.3 is 10.1 Å². The Morgan fingerprint density at radius 1 is 1.25 bits per heavy atom. The minimum atomic E-state index is -0.341. The predicted molar refractivity (Wildman–Crippen MR) is 62.2 cm³/mol. The van der Waals surface area contributed by atoms with Crippen LogP contribution in [0.1, 0.15) is 24.0 Å². The van der Waals surface area contributed by atoms with Crippen molar-refractivity contribution in [1.82, 2.24) is 5.32 Å². The van der Waals surface area contributed by atoms with Gasteiger partial charge in [0.1, 0.15) is 5.82 Å². The summed E-state index contributed by atoms with van der Waals surface area (Å²) in [7, 11) is 0. The van der Waals surface area contributed by atoms with Crippen LogP contribution >= 0.6 is 12.4 Å². The summed E-state index contributed by atoms with van der Waals surface area (Å²) < 4.78 is 19.7. The zero-order valence-corrected chi connectivity index (χ0v) is 9.78. The molecule has 2 nitrogen and oxygen atoms in total. The first kappa shape index (κ1) is 11.8. The molecule has 0 aliphatic carbocycles. The van der Waals surface area contributed by atoms with E-state index in [-0.39, 0.29) is 23.8 Å². The topological polar surface area (TPSA) is 21.3 Å². The van der Waals surface area contributed by atoms with Crippen LogP contribution < -0.4 is 5.32 Å². The van der Waals surface area contributed by atoms with Gasteiger partial charge in [-0.15, -0.1) is 12.4 Å². The first-order valence-electron chi connectivity index (χ1n) is 5.44. The minimum Gasteiger partial charge on any atom is -0.365 e. The van der Waals surface area contributed by atoms with E-state index in [0.717, 1.165) is 37.1 Å². The quantitative estimate of drug-likeness (QED) is 0.755. The van der Waals surface area contributed by atoms with Gasteiger partial charge in [-0.3, -0.25) is 0 Å². The molecule has 1 saturated heterocycles. The van der Waals surface area contributed by atoms with E-state index < -0.39 is 0 Å². The number of rotatable bonds is 0. The molecule has 0 amide bonds. The molecule has 0 unspecified atom stereocenters. The molecule has 4 heteroatoms. The van der Waals surface area contributed by atoms with E-state index in [2.05, 4.69) is 5.32 Å². The predicted octanol–water partition coefficient (Wildman–Crippen LogP) is 2.36. The van der Waals surface area contributed by atoms with Crippen molar-refractivity contribution in [3.63, 3.8) is 0 Å². The van der Waals surface area contributed by atoms with Crippen LogP contribution in [-0.4, -0.2) is 13.1 Å². The van der Waals surface area contributed by atoms with Crippen LogP contribution in [-0.2, 0) is 16.9 Å². The van der Waals surface area contributed by atoms with Crippen molar-refractivity contribution < 1.29 is 9.13 Å². The molecule has 0 aromatic heterocycles. The van der Waals surface area contributed by atoms with Crippen LogP contribution in [0.5, 0.6) is 0 Å². The fraction of sp³-hybridized carbons (Fsp3) is 0.500. The Kier molecular flexibility index (Phi) is 3.19. The molecule has 0 bridgehead atoms. The Morgan fingerprint density at radius 3 is 2.75 bits per heavy atom. The molecule has 0 saturated carbocycles. The minimum absolute atomic E-state index is 0. The lowest BCUT2D eigenvalue weighted by molar-refractivity contribution is -0.0605. The molecule has 2 heterocycles. The molecule has 1 fully saturated rings. The highest BCUT2D eigenvalue weighted by molar-refractivity contribution is 5.85. The number of ether oxygens (including phenoxy) is 1. The zero-order chi connectivity index (χ0) is 10.3. The van der Waals surface area contributed by atoms with E-state index >= 15 is 0 Å². The van der Waals surface area contributed by atoms with Gasteiger partial charge in [0.2, 0.25) is 0 Å². The fourth-order valence-electron chi connectivity index (χ4n) is 2.71. The molecule has 16 heavy (non-hydrogen) atoms. The second kappa shape index (κ2) is 4.32. The lowest BCUT2D eigenvalue weighted by atomic mass is 9.84. The average Bonchev–Trinajstić information content (AvgIpc) is 2.60. The van der Waals surface area contributed by atoms with Crippen molar-refractivity contribution in [1.29, 1.82) is 0 Å². The molecule has 2 aliphatic heterocycles. The van der Waals surface area contributed by atoms with Gasteiger partial charge in [-0.05, 0) is 37.6 Å². The highest BCUT2D eigenvalue weighted by atomic mass is 35.5. The summed E-state index contributed by atoms with van der Waals surface area (Å²) in [5.41, 5.74) is 1.50. The SMILES string of the molecule is Cl.Fc1cccc2c1C1(CCNCC1)OC2. The zero-order valence-electron chi connectivity index (χ0n) is 8.96. The van der Waals surface area contributed by atoms with E-state index in [9.17, 15) is 4.39 Å². The summed E-state index contributed by atoms with van der Waals surface area (Å²) in [6.45, 7) is 2.38. The van der Waals surface area contributed by atoms with Crippen molar-refractivity contribution in [3.05, 3.63) is 35.1 Å². The third-order valence-electron chi connectivity index (χ3n) is 3.47. The van der Waals surface area contributed by atoms with Gasteiger partial charge in [0.05, 0.1) is 12.2 Å². The molecule has 0 radical (unpaired) electrons. The molecular weight excluding hydrogens is 229 g/mol. The highest BCUT2D eigenvalue weighted by Crippen LogP contribution is 2.43. The van der Waals surface area contributed by atoms with E-state index in [4.69, 9.17) is 4.74 Å². The molecule has 0 atom stereocenters. The second-order valence-corrected chi connectivity index (χ2v) is 4.31. The third kappa shape index (κ3) is 1.63. The van der Waals surface area contributed by atoms with E-state index in [0.29, 0.717) is 6.61 Å². The molecule has 88 valence electrons. The van der Waals surface area contributed by atoms with Crippen LogP contribution in [0.2, 0.25) is 0 Å². The van der Waals surface area contributed by atoms with Gasteiger partial charge >= 0.3 is 0 Å². The maximum atomic E-state index is 13.8. The lowest BCUT2D eigenvalue weighted by Gasteiger charge is -2.34. The van der Waals surface area contributed by atoms with Gasteiger partial charge in [0.15, 0.2) is 0 Å². The second-order valence-electron chi connectivity index (χ2n) is 4.31. The number of nitrogens with one attached hydrogen (secondary N) is 1. The fourth-order valence-corrected chi connectivity index (χ4v) is 2.71. The van der Waals surface area contributed by atoms with Gasteiger partial charge in [0.25, 0.3) is 0 Å². The third-order valence-corrected chi connectivity index (χ3v) is 3.47. The Morgan fingerprint density at radius 2 is 2.00 bits per heavy atom. The number of benzene rings is 1. The maximum Gasteiger partial charge on any atom is 0.129 e. The van der Waals surface area contributed by atoms with Crippen LogP contribution in [0.25, 0.3) is 0 Å². The summed E-state index contributed by atoms with van der Waals surface area (Å²) in [5.74, 6) is -0.105. The lowest BCUT2D eigenvalue weighted by Crippen LogP contribution is -2.40. The van der Waals surface area contributed by atoms with Gasteiger partial charge in [-0.1, -0.05) is 12.1 Å².